The van der Waals surface area contributed by atoms with E-state index in [1.807, 2.05) is 18.2 Å². The van der Waals surface area contributed by atoms with Crippen molar-refractivity contribution in [3.8, 4) is 0 Å². The van der Waals surface area contributed by atoms with E-state index in [0.717, 1.165) is 4.90 Å². The van der Waals surface area contributed by atoms with E-state index in [1.54, 1.807) is 6.07 Å². The highest BCUT2D eigenvalue weighted by atomic mass is 35.5. The average molecular weight is 329 g/mol. The number of halogens is 3. The minimum atomic E-state index is -0.553. The molecule has 2 aromatic rings. The minimum absolute atomic E-state index is 0.0483. The van der Waals surface area contributed by atoms with E-state index in [-0.39, 0.29) is 18.0 Å². The molecule has 6 heteroatoms. The van der Waals surface area contributed by atoms with Gasteiger partial charge in [-0.15, -0.1) is 11.8 Å². The predicted octanol–water partition coefficient (Wildman–Crippen LogP) is 3.78. The Balaban J connectivity index is 2.00. The zero-order chi connectivity index (χ0) is 15.2. The Bertz CT molecular complexity index is 590. The molecule has 0 heterocycles. The van der Waals surface area contributed by atoms with Gasteiger partial charge in [0.1, 0.15) is 11.6 Å². The fourth-order valence-corrected chi connectivity index (χ4v) is 3.14. The molecule has 0 aliphatic rings. The Hall–Kier alpha value is -1.14. The standard InChI is InChI=1S/C15H15ClF2N2S/c16-10-3-1-4-12(7-10)21-9-11(20-19)8-13-14(17)5-2-6-15(13)18/h1-7,11,20H,8-9,19H2. The molecule has 0 saturated carbocycles. The molecule has 0 saturated heterocycles. The van der Waals surface area contributed by atoms with Crippen LogP contribution in [0.15, 0.2) is 47.4 Å². The lowest BCUT2D eigenvalue weighted by molar-refractivity contribution is 0.512. The molecular weight excluding hydrogens is 314 g/mol. The molecule has 0 bridgehead atoms. The van der Waals surface area contributed by atoms with Gasteiger partial charge in [-0.1, -0.05) is 23.7 Å². The molecule has 2 rings (SSSR count). The van der Waals surface area contributed by atoms with Crippen LogP contribution in [0, 0.1) is 11.6 Å². The molecule has 0 aliphatic heterocycles. The molecular formula is C15H15ClF2N2S. The highest BCUT2D eigenvalue weighted by Crippen LogP contribution is 2.23. The summed E-state index contributed by atoms with van der Waals surface area (Å²) in [7, 11) is 0. The van der Waals surface area contributed by atoms with Crippen LogP contribution in [0.25, 0.3) is 0 Å². The third-order valence-electron chi connectivity index (χ3n) is 3.00. The molecule has 21 heavy (non-hydrogen) atoms. The topological polar surface area (TPSA) is 38.0 Å². The molecule has 0 amide bonds. The molecule has 1 atom stereocenters. The Morgan fingerprint density at radius 1 is 1.14 bits per heavy atom. The summed E-state index contributed by atoms with van der Waals surface area (Å²) in [6.45, 7) is 0. The van der Waals surface area contributed by atoms with Crippen molar-refractivity contribution in [1.29, 1.82) is 0 Å². The van der Waals surface area contributed by atoms with Crippen LogP contribution in [0.2, 0.25) is 5.02 Å². The zero-order valence-corrected chi connectivity index (χ0v) is 12.7. The summed E-state index contributed by atoms with van der Waals surface area (Å²) >= 11 is 7.44. The quantitative estimate of drug-likeness (QED) is 0.481. The highest BCUT2D eigenvalue weighted by Gasteiger charge is 2.15. The van der Waals surface area contributed by atoms with Crippen molar-refractivity contribution in [2.45, 2.75) is 17.4 Å². The molecule has 0 spiro atoms. The van der Waals surface area contributed by atoms with Crippen LogP contribution in [0.4, 0.5) is 8.78 Å². The summed E-state index contributed by atoms with van der Waals surface area (Å²) in [6, 6.07) is 11.0. The van der Waals surface area contributed by atoms with Crippen LogP contribution in [0.5, 0.6) is 0 Å². The maximum absolute atomic E-state index is 13.6. The number of thioether (sulfide) groups is 1. The van der Waals surface area contributed by atoms with Gasteiger partial charge in [-0.2, -0.15) is 0 Å². The van der Waals surface area contributed by atoms with Gasteiger partial charge in [0.2, 0.25) is 0 Å². The van der Waals surface area contributed by atoms with E-state index < -0.39 is 11.6 Å². The molecule has 2 aromatic carbocycles. The number of rotatable bonds is 6. The number of hydrogen-bond donors (Lipinski definition) is 2. The molecule has 112 valence electrons. The van der Waals surface area contributed by atoms with Crippen molar-refractivity contribution in [1.82, 2.24) is 5.43 Å². The lowest BCUT2D eigenvalue weighted by atomic mass is 10.1. The monoisotopic (exact) mass is 328 g/mol. The van der Waals surface area contributed by atoms with Crippen molar-refractivity contribution in [3.05, 3.63) is 64.7 Å². The van der Waals surface area contributed by atoms with Gasteiger partial charge in [-0.3, -0.25) is 11.3 Å². The number of nitrogens with one attached hydrogen (secondary N) is 1. The molecule has 0 aliphatic carbocycles. The third kappa shape index (κ3) is 4.68. The lowest BCUT2D eigenvalue weighted by Crippen LogP contribution is -2.39. The summed E-state index contributed by atoms with van der Waals surface area (Å²) in [4.78, 5) is 0.983. The number of benzene rings is 2. The summed E-state index contributed by atoms with van der Waals surface area (Å²) in [5, 5.41) is 0.650. The van der Waals surface area contributed by atoms with Crippen LogP contribution in [-0.2, 0) is 6.42 Å². The maximum atomic E-state index is 13.6. The maximum Gasteiger partial charge on any atom is 0.129 e. The van der Waals surface area contributed by atoms with Crippen molar-refractivity contribution in [3.63, 3.8) is 0 Å². The first-order chi connectivity index (χ1) is 10.1. The van der Waals surface area contributed by atoms with Gasteiger partial charge in [-0.25, -0.2) is 8.78 Å². The summed E-state index contributed by atoms with van der Waals surface area (Å²) in [5.74, 6) is 4.95. The second kappa shape index (κ2) is 7.75. The number of hydrazine groups is 1. The van der Waals surface area contributed by atoms with Crippen LogP contribution >= 0.6 is 23.4 Å². The fraction of sp³-hybridized carbons (Fsp3) is 0.200. The van der Waals surface area contributed by atoms with Gasteiger partial charge in [0.05, 0.1) is 0 Å². The molecule has 0 fully saturated rings. The smallest absolute Gasteiger partial charge is 0.129 e. The molecule has 3 N–H and O–H groups in total. The van der Waals surface area contributed by atoms with Gasteiger partial charge in [0.25, 0.3) is 0 Å². The Morgan fingerprint density at radius 3 is 2.43 bits per heavy atom. The van der Waals surface area contributed by atoms with Gasteiger partial charge in [-0.05, 0) is 36.8 Å². The van der Waals surface area contributed by atoms with Crippen LogP contribution in [0.1, 0.15) is 5.56 Å². The van der Waals surface area contributed by atoms with E-state index in [4.69, 9.17) is 17.4 Å². The largest absolute Gasteiger partial charge is 0.271 e. The average Bonchev–Trinajstić information content (AvgIpc) is 2.46. The van der Waals surface area contributed by atoms with Gasteiger partial charge >= 0.3 is 0 Å². The van der Waals surface area contributed by atoms with E-state index >= 15 is 0 Å². The van der Waals surface area contributed by atoms with Gasteiger partial charge < -0.3 is 0 Å². The fourth-order valence-electron chi connectivity index (χ4n) is 1.89. The van der Waals surface area contributed by atoms with Gasteiger partial charge in [0, 0.05) is 27.3 Å². The molecule has 0 aromatic heterocycles. The number of hydrogen-bond acceptors (Lipinski definition) is 3. The van der Waals surface area contributed by atoms with E-state index in [1.165, 1.54) is 30.0 Å². The van der Waals surface area contributed by atoms with E-state index in [2.05, 4.69) is 5.43 Å². The normalized spacial score (nSPS) is 12.4. The first-order valence-corrected chi connectivity index (χ1v) is 7.74. The van der Waals surface area contributed by atoms with Crippen LogP contribution < -0.4 is 11.3 Å². The predicted molar refractivity (Wildman–Crippen MR) is 83.3 cm³/mol. The van der Waals surface area contributed by atoms with Crippen molar-refractivity contribution in [2.24, 2.45) is 5.84 Å². The third-order valence-corrected chi connectivity index (χ3v) is 4.39. The van der Waals surface area contributed by atoms with E-state index in [9.17, 15) is 8.78 Å². The summed E-state index contributed by atoms with van der Waals surface area (Å²) in [5.41, 5.74) is 2.65. The first-order valence-electron chi connectivity index (χ1n) is 6.37. The first kappa shape index (κ1) is 16.2. The van der Waals surface area contributed by atoms with Crippen LogP contribution in [-0.4, -0.2) is 11.8 Å². The zero-order valence-electron chi connectivity index (χ0n) is 11.2. The Kier molecular flexibility index (Phi) is 5.99. The highest BCUT2D eigenvalue weighted by molar-refractivity contribution is 7.99. The molecule has 2 nitrogen and oxygen atoms in total. The van der Waals surface area contributed by atoms with Gasteiger partial charge in [0.15, 0.2) is 0 Å². The van der Waals surface area contributed by atoms with Crippen molar-refractivity contribution in [2.75, 3.05) is 5.75 Å². The lowest BCUT2D eigenvalue weighted by Gasteiger charge is -2.16. The molecule has 1 unspecified atom stereocenters. The minimum Gasteiger partial charge on any atom is -0.271 e. The number of nitrogens with two attached hydrogens (primary N) is 1. The van der Waals surface area contributed by atoms with E-state index in [0.29, 0.717) is 10.8 Å². The van der Waals surface area contributed by atoms with Crippen LogP contribution in [0.3, 0.4) is 0 Å². The Labute approximate surface area is 131 Å². The second-order valence-electron chi connectivity index (χ2n) is 4.54. The summed E-state index contributed by atoms with van der Waals surface area (Å²) in [6.07, 6.45) is 0.183. The van der Waals surface area contributed by atoms with Crippen molar-refractivity contribution < 1.29 is 8.78 Å². The summed E-state index contributed by atoms with van der Waals surface area (Å²) < 4.78 is 27.3. The second-order valence-corrected chi connectivity index (χ2v) is 6.07. The van der Waals surface area contributed by atoms with Crippen molar-refractivity contribution >= 4 is 23.4 Å². The Morgan fingerprint density at radius 2 is 1.81 bits per heavy atom. The SMILES string of the molecule is NNC(CSc1cccc(Cl)c1)Cc1c(F)cccc1F. The molecule has 0 radical (unpaired) electrons.